The Kier molecular flexibility index (Phi) is 9.42. The van der Waals surface area contributed by atoms with Gasteiger partial charge in [-0.3, -0.25) is 14.5 Å². The minimum Gasteiger partial charge on any atom is -0.504 e. The monoisotopic (exact) mass is 720 g/mol. The number of aliphatic carboxylic acids is 2. The van der Waals surface area contributed by atoms with Crippen LogP contribution in [0.1, 0.15) is 16.2 Å². The summed E-state index contributed by atoms with van der Waals surface area (Å²) < 4.78 is 0.275. The molecule has 2 aromatic heterocycles. The molecule has 4 heterocycles. The number of thiazole rings is 2. The van der Waals surface area contributed by atoms with Crippen LogP contribution in [0.25, 0.3) is 10.4 Å². The number of thioether (sulfide) groups is 2. The fourth-order valence-corrected chi connectivity index (χ4v) is 8.42. The summed E-state index contributed by atoms with van der Waals surface area (Å²) in [5.74, 6) is -7.43. The van der Waals surface area contributed by atoms with Crippen LogP contribution in [0.4, 0.5) is 5.13 Å². The molecular formula is C26H20N6O11S4. The van der Waals surface area contributed by atoms with Crippen LogP contribution in [-0.4, -0.2) is 98.8 Å². The van der Waals surface area contributed by atoms with Gasteiger partial charge in [0, 0.05) is 16.9 Å². The van der Waals surface area contributed by atoms with E-state index < -0.39 is 58.4 Å². The average Bonchev–Trinajstić information content (AvgIpc) is 3.66. The number of aromatic nitrogens is 2. The molecule has 2 amide bonds. The number of carbonyl (C=O) groups excluding carboxylic acids is 2. The van der Waals surface area contributed by atoms with Gasteiger partial charge in [-0.25, -0.2) is 24.4 Å². The van der Waals surface area contributed by atoms with Gasteiger partial charge < -0.3 is 41.4 Å². The second kappa shape index (κ2) is 13.3. The van der Waals surface area contributed by atoms with Gasteiger partial charge in [0.25, 0.3) is 11.8 Å². The number of hydrogen-bond acceptors (Lipinski definition) is 16. The number of benzene rings is 1. The lowest BCUT2D eigenvalue weighted by Crippen LogP contribution is -2.71. The number of rotatable bonds is 12. The number of nitrogens with two attached hydrogens (primary N) is 1. The summed E-state index contributed by atoms with van der Waals surface area (Å²) in [6.45, 7) is 3.16. The van der Waals surface area contributed by atoms with Crippen molar-refractivity contribution in [3.8, 4) is 21.9 Å². The molecule has 244 valence electrons. The summed E-state index contributed by atoms with van der Waals surface area (Å²) in [6.07, 6.45) is 0. The predicted octanol–water partition coefficient (Wildman–Crippen LogP) is 1.81. The van der Waals surface area contributed by atoms with E-state index in [0.717, 1.165) is 39.3 Å². The van der Waals surface area contributed by atoms with Crippen molar-refractivity contribution in [3.05, 3.63) is 58.6 Å². The minimum atomic E-state index is -1.54. The van der Waals surface area contributed by atoms with Crippen molar-refractivity contribution < 1.29 is 54.3 Å². The lowest BCUT2D eigenvalue weighted by Gasteiger charge is -2.49. The molecule has 1 aromatic carbocycles. The standard InChI is InChI=1S/C26H20N6O11S4/c1-8(22(37)38)43-31-14(11-7-45-25(27)28-11)19(35)29-16-20(36)32-17(24(41)42)10(5-44-21(16)32)6-46-26-30-15(23(39)40)18(47-26)9-2-3-12(33)13(34)4-9/h2-4,7,16,21,33-34H,1,5-6H2,(H2,27,28)(H,29,35)(H,37,38)(H,39,40)(H,41,42)/b31-14+/t16-,21-/m1/s1. The molecule has 47 heavy (non-hydrogen) atoms. The SMILES string of the molecule is C=C(O/N=C(/C(=O)N[C@@H]1C(=O)N2C(C(=O)O)=C(CSc3nc(C(=O)O)c(-c4ccc(O)c(O)c4)s3)CS[C@H]12)c1csc(N)n1)C(=O)O. The van der Waals surface area contributed by atoms with Crippen LogP contribution in [0.3, 0.4) is 0 Å². The van der Waals surface area contributed by atoms with E-state index >= 15 is 0 Å². The Balaban J connectivity index is 1.33. The number of carboxylic acid groups (broad SMARTS) is 3. The van der Waals surface area contributed by atoms with Gasteiger partial charge in [0.2, 0.25) is 5.76 Å². The molecule has 1 fully saturated rings. The van der Waals surface area contributed by atoms with E-state index in [4.69, 9.17) is 15.7 Å². The molecule has 0 saturated carbocycles. The molecule has 2 aliphatic rings. The van der Waals surface area contributed by atoms with Gasteiger partial charge in [0.1, 0.15) is 22.8 Å². The highest BCUT2D eigenvalue weighted by atomic mass is 32.2. The number of amides is 2. The van der Waals surface area contributed by atoms with Crippen molar-refractivity contribution in [2.75, 3.05) is 17.2 Å². The Morgan fingerprint density at radius 2 is 1.89 bits per heavy atom. The van der Waals surface area contributed by atoms with Gasteiger partial charge >= 0.3 is 17.9 Å². The molecule has 5 rings (SSSR count). The van der Waals surface area contributed by atoms with Crippen LogP contribution in [-0.2, 0) is 24.0 Å². The van der Waals surface area contributed by atoms with Crippen LogP contribution < -0.4 is 11.1 Å². The van der Waals surface area contributed by atoms with Crippen molar-refractivity contribution in [1.82, 2.24) is 20.2 Å². The number of carboxylic acids is 3. The number of hydrogen-bond donors (Lipinski definition) is 7. The van der Waals surface area contributed by atoms with E-state index in [1.165, 1.54) is 35.3 Å². The molecule has 0 spiro atoms. The van der Waals surface area contributed by atoms with Crippen LogP contribution >= 0.6 is 46.2 Å². The summed E-state index contributed by atoms with van der Waals surface area (Å²) in [5.41, 5.74) is 5.13. The third-order valence-corrected chi connectivity index (χ3v) is 10.8. The highest BCUT2D eigenvalue weighted by Gasteiger charge is 2.54. The van der Waals surface area contributed by atoms with Crippen molar-refractivity contribution >= 4 is 86.8 Å². The second-order valence-electron chi connectivity index (χ2n) is 9.40. The van der Waals surface area contributed by atoms with E-state index in [1.54, 1.807) is 0 Å². The number of anilines is 1. The Morgan fingerprint density at radius 1 is 1.15 bits per heavy atom. The number of β-lactam (4-membered cyclic amide) rings is 1. The summed E-state index contributed by atoms with van der Waals surface area (Å²) in [4.78, 5) is 75.6. The number of nitrogen functional groups attached to an aromatic ring is 1. The molecule has 1 saturated heterocycles. The summed E-state index contributed by atoms with van der Waals surface area (Å²) >= 11 is 4.18. The third kappa shape index (κ3) is 6.72. The van der Waals surface area contributed by atoms with Crippen molar-refractivity contribution in [1.29, 1.82) is 0 Å². The fraction of sp³-hybridized carbons (Fsp3) is 0.154. The van der Waals surface area contributed by atoms with Crippen LogP contribution in [0.5, 0.6) is 11.5 Å². The highest BCUT2D eigenvalue weighted by molar-refractivity contribution is 8.02. The molecule has 8 N–H and O–H groups in total. The largest absolute Gasteiger partial charge is 0.504 e. The minimum absolute atomic E-state index is 0.0296. The molecular weight excluding hydrogens is 701 g/mol. The fourth-order valence-electron chi connectivity index (χ4n) is 4.26. The smallest absolute Gasteiger partial charge is 0.374 e. The van der Waals surface area contributed by atoms with Gasteiger partial charge in [0.15, 0.2) is 32.4 Å². The number of carbonyl (C=O) groups is 5. The number of fused-ring (bicyclic) bond motifs is 1. The van der Waals surface area contributed by atoms with E-state index in [0.29, 0.717) is 11.1 Å². The summed E-state index contributed by atoms with van der Waals surface area (Å²) in [7, 11) is 0. The van der Waals surface area contributed by atoms with Crippen LogP contribution in [0.15, 0.2) is 56.7 Å². The number of phenols is 2. The van der Waals surface area contributed by atoms with Crippen molar-refractivity contribution in [2.24, 2.45) is 5.16 Å². The number of phenolic OH excluding ortho intramolecular Hbond substituents is 2. The molecule has 0 bridgehead atoms. The quantitative estimate of drug-likeness (QED) is 0.0267. The topological polar surface area (TPSA) is 275 Å². The maximum atomic E-state index is 13.2. The first-order valence-electron chi connectivity index (χ1n) is 12.8. The average molecular weight is 721 g/mol. The van der Waals surface area contributed by atoms with Gasteiger partial charge in [-0.1, -0.05) is 16.9 Å². The zero-order valence-electron chi connectivity index (χ0n) is 23.3. The number of aromatic carboxylic acids is 1. The second-order valence-corrected chi connectivity index (χ2v) is 13.6. The Labute approximate surface area is 279 Å². The van der Waals surface area contributed by atoms with E-state index in [1.807, 2.05) is 0 Å². The van der Waals surface area contributed by atoms with Crippen LogP contribution in [0.2, 0.25) is 0 Å². The normalized spacial score (nSPS) is 17.5. The maximum Gasteiger partial charge on any atom is 0.374 e. The zero-order valence-corrected chi connectivity index (χ0v) is 26.5. The summed E-state index contributed by atoms with van der Waals surface area (Å²) in [5, 5.41) is 54.8. The van der Waals surface area contributed by atoms with Crippen molar-refractivity contribution in [3.63, 3.8) is 0 Å². The first kappa shape index (κ1) is 33.2. The molecule has 0 aliphatic carbocycles. The van der Waals surface area contributed by atoms with Crippen molar-refractivity contribution in [2.45, 2.75) is 15.8 Å². The first-order valence-corrected chi connectivity index (χ1v) is 16.5. The number of nitrogens with zero attached hydrogens (tertiary/aromatic N) is 4. The zero-order chi connectivity index (χ0) is 34.2. The van der Waals surface area contributed by atoms with Gasteiger partial charge in [-0.05, 0) is 35.9 Å². The van der Waals surface area contributed by atoms with Crippen LogP contribution in [0, 0.1) is 0 Å². The number of oxime groups is 1. The number of nitrogens with one attached hydrogen (secondary N) is 1. The van der Waals surface area contributed by atoms with Gasteiger partial charge in [0.05, 0.1) is 4.88 Å². The summed E-state index contributed by atoms with van der Waals surface area (Å²) in [6, 6.07) is 2.63. The van der Waals surface area contributed by atoms with E-state index in [2.05, 4.69) is 27.0 Å². The Bertz CT molecular complexity index is 1920. The van der Waals surface area contributed by atoms with Gasteiger partial charge in [-0.15, -0.1) is 34.4 Å². The molecule has 0 unspecified atom stereocenters. The lowest BCUT2D eigenvalue weighted by atomic mass is 10.0. The predicted molar refractivity (Wildman–Crippen MR) is 169 cm³/mol. The Morgan fingerprint density at radius 3 is 2.51 bits per heavy atom. The molecule has 0 radical (unpaired) electrons. The number of aromatic hydroxyl groups is 2. The maximum absolute atomic E-state index is 13.2. The molecule has 17 nitrogen and oxygen atoms in total. The highest BCUT2D eigenvalue weighted by Crippen LogP contribution is 2.43. The lowest BCUT2D eigenvalue weighted by molar-refractivity contribution is -0.150. The van der Waals surface area contributed by atoms with E-state index in [-0.39, 0.29) is 48.7 Å². The molecule has 2 atom stereocenters. The first-order chi connectivity index (χ1) is 22.3. The molecule has 21 heteroatoms. The van der Waals surface area contributed by atoms with E-state index in [9.17, 15) is 44.4 Å². The van der Waals surface area contributed by atoms with Gasteiger partial charge in [-0.2, -0.15) is 0 Å². The Hall–Kier alpha value is -5.12. The third-order valence-electron chi connectivity index (χ3n) is 6.42. The molecule has 2 aliphatic heterocycles. The molecule has 3 aromatic rings.